The lowest BCUT2D eigenvalue weighted by Gasteiger charge is -2.13. The number of anilines is 1. The van der Waals surface area contributed by atoms with Gasteiger partial charge in [0.05, 0.1) is 11.6 Å². The second-order valence-corrected chi connectivity index (χ2v) is 4.19. The first-order valence-corrected chi connectivity index (χ1v) is 5.56. The Bertz CT molecular complexity index is 379. The van der Waals surface area contributed by atoms with Crippen molar-refractivity contribution in [2.45, 2.75) is 13.8 Å². The molecule has 86 valence electrons. The fourth-order valence-electron chi connectivity index (χ4n) is 1.61. The number of hydrogen-bond donors (Lipinski definition) is 2. The second kappa shape index (κ2) is 6.14. The molecule has 1 rings (SSSR count). The van der Waals surface area contributed by atoms with Gasteiger partial charge in [-0.2, -0.15) is 5.26 Å². The van der Waals surface area contributed by atoms with Gasteiger partial charge in [-0.3, -0.25) is 0 Å². The molecule has 0 radical (unpaired) electrons. The van der Waals surface area contributed by atoms with Crippen LogP contribution in [0.4, 0.5) is 5.69 Å². The molecule has 0 spiro atoms. The topological polar surface area (TPSA) is 47.8 Å². The molecule has 3 nitrogen and oxygen atoms in total. The van der Waals surface area contributed by atoms with Gasteiger partial charge < -0.3 is 10.6 Å². The summed E-state index contributed by atoms with van der Waals surface area (Å²) in [6.45, 7) is 6.09. The van der Waals surface area contributed by atoms with E-state index in [9.17, 15) is 0 Å². The van der Waals surface area contributed by atoms with Crippen molar-refractivity contribution in [1.29, 1.82) is 5.26 Å². The summed E-state index contributed by atoms with van der Waals surface area (Å²) in [6.07, 6.45) is 0. The molecular weight excluding hydrogens is 198 g/mol. The van der Waals surface area contributed by atoms with Gasteiger partial charge in [-0.15, -0.1) is 0 Å². The van der Waals surface area contributed by atoms with Gasteiger partial charge in [-0.1, -0.05) is 6.92 Å². The van der Waals surface area contributed by atoms with Gasteiger partial charge in [0, 0.05) is 12.2 Å². The molecule has 0 saturated carbocycles. The summed E-state index contributed by atoms with van der Waals surface area (Å²) in [5.74, 6) is 0.584. The van der Waals surface area contributed by atoms with Crippen molar-refractivity contribution < 1.29 is 0 Å². The Hall–Kier alpha value is -1.53. The largest absolute Gasteiger partial charge is 0.385 e. The average Bonchev–Trinajstić information content (AvgIpc) is 2.27. The summed E-state index contributed by atoms with van der Waals surface area (Å²) >= 11 is 0. The molecule has 1 unspecified atom stereocenters. The first-order valence-electron chi connectivity index (χ1n) is 5.56. The highest BCUT2D eigenvalue weighted by Gasteiger charge is 2.02. The highest BCUT2D eigenvalue weighted by atomic mass is 14.9. The van der Waals surface area contributed by atoms with Crippen molar-refractivity contribution in [3.63, 3.8) is 0 Å². The van der Waals surface area contributed by atoms with Gasteiger partial charge in [-0.05, 0) is 50.2 Å². The van der Waals surface area contributed by atoms with E-state index in [2.05, 4.69) is 23.6 Å². The minimum absolute atomic E-state index is 0.584. The third kappa shape index (κ3) is 3.56. The Kier molecular flexibility index (Phi) is 4.81. The molecule has 0 amide bonds. The van der Waals surface area contributed by atoms with Gasteiger partial charge in [0.25, 0.3) is 0 Å². The smallest absolute Gasteiger partial charge is 0.0994 e. The van der Waals surface area contributed by atoms with Crippen molar-refractivity contribution in [3.05, 3.63) is 29.3 Å². The maximum absolute atomic E-state index is 8.82. The highest BCUT2D eigenvalue weighted by molar-refractivity contribution is 5.51. The first-order chi connectivity index (χ1) is 7.67. The Morgan fingerprint density at radius 2 is 2.12 bits per heavy atom. The van der Waals surface area contributed by atoms with Crippen molar-refractivity contribution in [2.75, 3.05) is 25.5 Å². The minimum Gasteiger partial charge on any atom is -0.385 e. The van der Waals surface area contributed by atoms with Crippen LogP contribution in [-0.2, 0) is 0 Å². The van der Waals surface area contributed by atoms with Crippen LogP contribution in [0.25, 0.3) is 0 Å². The molecular formula is C13H19N3. The summed E-state index contributed by atoms with van der Waals surface area (Å²) in [5, 5.41) is 15.3. The number of aryl methyl sites for hydroxylation is 1. The number of nitrogens with zero attached hydrogens (tertiary/aromatic N) is 1. The lowest BCUT2D eigenvalue weighted by molar-refractivity contribution is 0.569. The summed E-state index contributed by atoms with van der Waals surface area (Å²) < 4.78 is 0. The predicted octanol–water partition coefficient (Wildman–Crippen LogP) is 2.13. The molecule has 1 atom stereocenters. The standard InChI is InChI=1S/C13H19N3/c1-10(8-15-3)9-16-13-5-4-12(7-14)11(2)6-13/h4-6,10,15-16H,8-9H2,1-3H3. The summed E-state index contributed by atoms with van der Waals surface area (Å²) in [6, 6.07) is 8.01. The van der Waals surface area contributed by atoms with Crippen molar-refractivity contribution >= 4 is 5.69 Å². The van der Waals surface area contributed by atoms with Gasteiger partial charge >= 0.3 is 0 Å². The number of nitrogens with one attached hydrogen (secondary N) is 2. The molecule has 0 aromatic heterocycles. The van der Waals surface area contributed by atoms with E-state index in [1.807, 2.05) is 32.2 Å². The zero-order valence-corrected chi connectivity index (χ0v) is 10.2. The lowest BCUT2D eigenvalue weighted by atomic mass is 10.1. The Labute approximate surface area is 97.5 Å². The molecule has 0 aliphatic heterocycles. The predicted molar refractivity (Wildman–Crippen MR) is 67.5 cm³/mol. The fourth-order valence-corrected chi connectivity index (χ4v) is 1.61. The molecule has 2 N–H and O–H groups in total. The monoisotopic (exact) mass is 217 g/mol. The molecule has 0 fully saturated rings. The van der Waals surface area contributed by atoms with Crippen LogP contribution in [0.1, 0.15) is 18.1 Å². The Morgan fingerprint density at radius 3 is 2.69 bits per heavy atom. The third-order valence-electron chi connectivity index (χ3n) is 2.55. The number of benzene rings is 1. The van der Waals surface area contributed by atoms with Gasteiger partial charge in [0.2, 0.25) is 0 Å². The summed E-state index contributed by atoms with van der Waals surface area (Å²) in [5.41, 5.74) is 2.85. The van der Waals surface area contributed by atoms with E-state index in [0.29, 0.717) is 5.92 Å². The van der Waals surface area contributed by atoms with E-state index in [1.165, 1.54) is 0 Å². The molecule has 0 heterocycles. The number of rotatable bonds is 5. The molecule has 1 aromatic rings. The van der Waals surface area contributed by atoms with E-state index >= 15 is 0 Å². The van der Waals surface area contributed by atoms with Crippen LogP contribution in [0.3, 0.4) is 0 Å². The van der Waals surface area contributed by atoms with Crippen LogP contribution in [0.15, 0.2) is 18.2 Å². The Balaban J connectivity index is 2.56. The third-order valence-corrected chi connectivity index (χ3v) is 2.55. The highest BCUT2D eigenvalue weighted by Crippen LogP contribution is 2.14. The lowest BCUT2D eigenvalue weighted by Crippen LogP contribution is -2.22. The van der Waals surface area contributed by atoms with E-state index in [4.69, 9.17) is 5.26 Å². The van der Waals surface area contributed by atoms with Crippen LogP contribution < -0.4 is 10.6 Å². The quantitative estimate of drug-likeness (QED) is 0.794. The minimum atomic E-state index is 0.584. The molecule has 0 bridgehead atoms. The van der Waals surface area contributed by atoms with E-state index in [0.717, 1.165) is 29.9 Å². The maximum Gasteiger partial charge on any atom is 0.0994 e. The molecule has 0 aliphatic rings. The number of hydrogen-bond acceptors (Lipinski definition) is 3. The van der Waals surface area contributed by atoms with Gasteiger partial charge in [0.1, 0.15) is 0 Å². The number of nitriles is 1. The van der Waals surface area contributed by atoms with Gasteiger partial charge in [0.15, 0.2) is 0 Å². The van der Waals surface area contributed by atoms with Crippen molar-refractivity contribution in [2.24, 2.45) is 5.92 Å². The average molecular weight is 217 g/mol. The maximum atomic E-state index is 8.82. The summed E-state index contributed by atoms with van der Waals surface area (Å²) in [4.78, 5) is 0. The van der Waals surface area contributed by atoms with Crippen LogP contribution in [0.5, 0.6) is 0 Å². The van der Waals surface area contributed by atoms with Crippen LogP contribution in [-0.4, -0.2) is 20.1 Å². The second-order valence-electron chi connectivity index (χ2n) is 4.19. The van der Waals surface area contributed by atoms with E-state index in [1.54, 1.807) is 0 Å². The SMILES string of the molecule is CNCC(C)CNc1ccc(C#N)c(C)c1. The van der Waals surface area contributed by atoms with Gasteiger partial charge in [-0.25, -0.2) is 0 Å². The van der Waals surface area contributed by atoms with Crippen molar-refractivity contribution in [3.8, 4) is 6.07 Å². The molecule has 3 heteroatoms. The fraction of sp³-hybridized carbons (Fsp3) is 0.462. The normalized spacial score (nSPS) is 11.9. The van der Waals surface area contributed by atoms with Crippen LogP contribution in [0.2, 0.25) is 0 Å². The van der Waals surface area contributed by atoms with E-state index < -0.39 is 0 Å². The van der Waals surface area contributed by atoms with Crippen LogP contribution >= 0.6 is 0 Å². The van der Waals surface area contributed by atoms with E-state index in [-0.39, 0.29) is 0 Å². The molecule has 16 heavy (non-hydrogen) atoms. The Morgan fingerprint density at radius 1 is 1.38 bits per heavy atom. The summed E-state index contributed by atoms with van der Waals surface area (Å²) in [7, 11) is 1.96. The zero-order valence-electron chi connectivity index (χ0n) is 10.2. The van der Waals surface area contributed by atoms with Crippen LogP contribution in [0, 0.1) is 24.2 Å². The molecule has 0 aliphatic carbocycles. The molecule has 0 saturated heterocycles. The van der Waals surface area contributed by atoms with Crippen molar-refractivity contribution in [1.82, 2.24) is 5.32 Å². The first kappa shape index (κ1) is 12.5. The zero-order chi connectivity index (χ0) is 12.0. The molecule has 1 aromatic carbocycles.